The summed E-state index contributed by atoms with van der Waals surface area (Å²) in [5.41, 5.74) is 1.51. The summed E-state index contributed by atoms with van der Waals surface area (Å²) in [5, 5.41) is 4.55. The normalized spacial score (nSPS) is 23.3. The molecule has 3 heterocycles. The largest absolute Gasteiger partial charge is 0.351 e. The molecule has 1 unspecified atom stereocenters. The van der Waals surface area contributed by atoms with Crippen LogP contribution >= 0.6 is 0 Å². The maximum Gasteiger partial charge on any atom is 0.285 e. The van der Waals surface area contributed by atoms with E-state index in [9.17, 15) is 13.2 Å². The van der Waals surface area contributed by atoms with Crippen LogP contribution in [0.5, 0.6) is 0 Å². The van der Waals surface area contributed by atoms with Crippen molar-refractivity contribution in [2.24, 2.45) is 4.40 Å². The van der Waals surface area contributed by atoms with Crippen LogP contribution < -0.4 is 5.56 Å². The summed E-state index contributed by atoms with van der Waals surface area (Å²) in [5.74, 6) is 0.979. The molecule has 1 saturated heterocycles. The number of hydrogen-bond acceptors (Lipinski definition) is 5. The van der Waals surface area contributed by atoms with Gasteiger partial charge in [-0.2, -0.15) is 13.5 Å². The zero-order valence-corrected chi connectivity index (χ0v) is 15.6. The maximum absolute atomic E-state index is 12.4. The highest BCUT2D eigenvalue weighted by atomic mass is 32.2. The molecule has 1 atom stereocenters. The van der Waals surface area contributed by atoms with E-state index in [4.69, 9.17) is 0 Å². The van der Waals surface area contributed by atoms with Crippen molar-refractivity contribution in [3.8, 4) is 0 Å². The molecule has 3 aliphatic rings. The summed E-state index contributed by atoms with van der Waals surface area (Å²) in [4.78, 5) is 14.6. The topological polar surface area (TPSA) is 84.6 Å². The zero-order valence-electron chi connectivity index (χ0n) is 14.8. The van der Waals surface area contributed by atoms with Crippen molar-refractivity contribution in [3.05, 3.63) is 58.0 Å². The van der Waals surface area contributed by atoms with Crippen molar-refractivity contribution in [1.82, 2.24) is 14.7 Å². The van der Waals surface area contributed by atoms with E-state index in [0.29, 0.717) is 23.9 Å². The molecule has 0 N–H and O–H groups in total. The monoisotopic (exact) mass is 384 g/mol. The summed E-state index contributed by atoms with van der Waals surface area (Å²) in [6.07, 6.45) is 4.07. The molecular weight excluding hydrogens is 364 g/mol. The molecule has 2 aromatic rings. The van der Waals surface area contributed by atoms with Crippen molar-refractivity contribution in [2.75, 3.05) is 6.54 Å². The number of benzene rings is 1. The highest BCUT2D eigenvalue weighted by molar-refractivity contribution is 7.90. The summed E-state index contributed by atoms with van der Waals surface area (Å²) < 4.78 is 30.3. The Bertz CT molecular complexity index is 1100. The van der Waals surface area contributed by atoms with E-state index >= 15 is 0 Å². The van der Waals surface area contributed by atoms with Gasteiger partial charge in [0.25, 0.3) is 15.6 Å². The fourth-order valence-corrected chi connectivity index (χ4v) is 5.21. The van der Waals surface area contributed by atoms with Crippen LogP contribution in [0.15, 0.2) is 50.5 Å². The third-order valence-electron chi connectivity index (χ3n) is 5.53. The predicted molar refractivity (Wildman–Crippen MR) is 100 cm³/mol. The molecule has 7 nitrogen and oxygen atoms in total. The lowest BCUT2D eigenvalue weighted by Gasteiger charge is -2.26. The van der Waals surface area contributed by atoms with Crippen LogP contribution in [-0.2, 0) is 16.6 Å². The van der Waals surface area contributed by atoms with E-state index in [2.05, 4.69) is 9.50 Å². The molecule has 0 radical (unpaired) electrons. The second kappa shape index (κ2) is 6.02. The Morgan fingerprint density at radius 2 is 1.89 bits per heavy atom. The van der Waals surface area contributed by atoms with E-state index in [0.717, 1.165) is 37.9 Å². The number of rotatable bonds is 3. The number of aromatic nitrogens is 2. The number of amidine groups is 1. The molecule has 1 aromatic heterocycles. The third-order valence-corrected chi connectivity index (χ3v) is 6.85. The van der Waals surface area contributed by atoms with Gasteiger partial charge in [-0.3, -0.25) is 4.79 Å². The van der Waals surface area contributed by atoms with Gasteiger partial charge in [0.2, 0.25) is 0 Å². The fraction of sp³-hybridized carbons (Fsp3) is 0.421. The summed E-state index contributed by atoms with van der Waals surface area (Å²) in [6.45, 7) is 1.17. The Labute approximate surface area is 157 Å². The van der Waals surface area contributed by atoms with Gasteiger partial charge in [-0.25, -0.2) is 4.68 Å². The van der Waals surface area contributed by atoms with E-state index in [1.54, 1.807) is 24.3 Å². The van der Waals surface area contributed by atoms with Gasteiger partial charge in [0.05, 0.1) is 18.3 Å². The van der Waals surface area contributed by atoms with E-state index in [-0.39, 0.29) is 16.5 Å². The van der Waals surface area contributed by atoms with E-state index in [1.165, 1.54) is 4.68 Å². The highest BCUT2D eigenvalue weighted by Gasteiger charge is 2.37. The third kappa shape index (κ3) is 2.88. The van der Waals surface area contributed by atoms with Gasteiger partial charge in [0, 0.05) is 24.1 Å². The van der Waals surface area contributed by atoms with Crippen LogP contribution in [0.25, 0.3) is 0 Å². The lowest BCUT2D eigenvalue weighted by Crippen LogP contribution is -2.40. The zero-order chi connectivity index (χ0) is 18.6. The molecule has 1 aromatic carbocycles. The first-order valence-electron chi connectivity index (χ1n) is 9.32. The number of fused-ring (bicyclic) bond motifs is 1. The van der Waals surface area contributed by atoms with Crippen molar-refractivity contribution >= 4 is 15.9 Å². The SMILES string of the molecule is O=c1ccc(C2CC2)nn1CC1CCCN1C1=NS(=O)(=O)c2ccccc21. The Hall–Kier alpha value is -2.48. The van der Waals surface area contributed by atoms with Crippen LogP contribution in [0.4, 0.5) is 0 Å². The number of sulfonamides is 1. The fourth-order valence-electron chi connectivity index (χ4n) is 3.99. The molecule has 140 valence electrons. The lowest BCUT2D eigenvalue weighted by atomic mass is 10.1. The van der Waals surface area contributed by atoms with Gasteiger partial charge in [0.15, 0.2) is 5.84 Å². The van der Waals surface area contributed by atoms with Crippen molar-refractivity contribution in [3.63, 3.8) is 0 Å². The standard InChI is InChI=1S/C19H20N4O3S/c24-18-10-9-16(13-7-8-13)20-23(18)12-14-4-3-11-22(14)19-15-5-1-2-6-17(15)27(25,26)21-19/h1-2,5-6,9-10,13-14H,3-4,7-8,11-12H2. The van der Waals surface area contributed by atoms with Gasteiger partial charge in [-0.1, -0.05) is 12.1 Å². The van der Waals surface area contributed by atoms with Gasteiger partial charge < -0.3 is 4.90 Å². The second-order valence-corrected chi connectivity index (χ2v) is 9.00. The first-order chi connectivity index (χ1) is 13.0. The minimum atomic E-state index is -3.64. The minimum Gasteiger partial charge on any atom is -0.351 e. The Kier molecular flexibility index (Phi) is 3.72. The van der Waals surface area contributed by atoms with E-state index < -0.39 is 10.0 Å². The molecule has 8 heteroatoms. The van der Waals surface area contributed by atoms with Crippen molar-refractivity contribution in [1.29, 1.82) is 0 Å². The average Bonchev–Trinajstić information content (AvgIpc) is 3.35. The summed E-state index contributed by atoms with van der Waals surface area (Å²) >= 11 is 0. The van der Waals surface area contributed by atoms with Crippen LogP contribution in [0.3, 0.4) is 0 Å². The average molecular weight is 384 g/mol. The van der Waals surface area contributed by atoms with Gasteiger partial charge >= 0.3 is 0 Å². The molecule has 0 spiro atoms. The number of hydrogen-bond donors (Lipinski definition) is 0. The maximum atomic E-state index is 12.4. The predicted octanol–water partition coefficient (Wildman–Crippen LogP) is 1.73. The molecule has 0 amide bonds. The summed E-state index contributed by atoms with van der Waals surface area (Å²) in [7, 11) is -3.64. The molecular formula is C19H20N4O3S. The van der Waals surface area contributed by atoms with Gasteiger partial charge in [-0.15, -0.1) is 4.40 Å². The summed E-state index contributed by atoms with van der Waals surface area (Å²) in [6, 6.07) is 10.3. The first kappa shape index (κ1) is 16.7. The molecule has 27 heavy (non-hydrogen) atoms. The lowest BCUT2D eigenvalue weighted by molar-refractivity contribution is 0.329. The number of likely N-dealkylation sites (tertiary alicyclic amines) is 1. The molecule has 1 aliphatic carbocycles. The number of nitrogens with zero attached hydrogens (tertiary/aromatic N) is 4. The smallest absolute Gasteiger partial charge is 0.285 e. The molecule has 5 rings (SSSR count). The quantitative estimate of drug-likeness (QED) is 0.805. The van der Waals surface area contributed by atoms with Gasteiger partial charge in [0.1, 0.15) is 4.90 Å². The van der Waals surface area contributed by atoms with Crippen LogP contribution in [0.2, 0.25) is 0 Å². The second-order valence-electron chi connectivity index (χ2n) is 7.43. The molecule has 0 bridgehead atoms. The molecule has 1 saturated carbocycles. The van der Waals surface area contributed by atoms with E-state index in [1.807, 2.05) is 17.0 Å². The van der Waals surface area contributed by atoms with Crippen molar-refractivity contribution in [2.45, 2.75) is 49.1 Å². The Morgan fingerprint density at radius 1 is 1.07 bits per heavy atom. The Morgan fingerprint density at radius 3 is 2.70 bits per heavy atom. The minimum absolute atomic E-state index is 0.00441. The van der Waals surface area contributed by atoms with Gasteiger partial charge in [-0.05, 0) is 43.9 Å². The molecule has 2 aliphatic heterocycles. The van der Waals surface area contributed by atoms with Crippen LogP contribution in [0.1, 0.15) is 42.9 Å². The highest BCUT2D eigenvalue weighted by Crippen LogP contribution is 2.38. The Balaban J connectivity index is 1.47. The van der Waals surface area contributed by atoms with Crippen molar-refractivity contribution < 1.29 is 8.42 Å². The van der Waals surface area contributed by atoms with Crippen LogP contribution in [-0.4, -0.2) is 41.5 Å². The molecule has 2 fully saturated rings. The van der Waals surface area contributed by atoms with Crippen LogP contribution in [0, 0.1) is 0 Å². The first-order valence-corrected chi connectivity index (χ1v) is 10.8.